The molecule has 0 N–H and O–H groups in total. The van der Waals surface area contributed by atoms with E-state index >= 15 is 0 Å². The maximum atomic E-state index is 12.2. The number of carboxylic acid groups (broad SMARTS) is 1. The Morgan fingerprint density at radius 3 is 2.45 bits per heavy atom. The van der Waals surface area contributed by atoms with Crippen LogP contribution >= 0.6 is 0 Å². The highest BCUT2D eigenvalue weighted by Crippen LogP contribution is 2.27. The van der Waals surface area contributed by atoms with Gasteiger partial charge < -0.3 is 9.90 Å². The first-order valence-electron chi connectivity index (χ1n) is 5.75. The van der Waals surface area contributed by atoms with E-state index in [4.69, 9.17) is 0 Å². The molecule has 2 aromatic rings. The Hall–Kier alpha value is -3.02. The zero-order chi connectivity index (χ0) is 14.3. The van der Waals surface area contributed by atoms with Gasteiger partial charge in [-0.25, -0.2) is 9.88 Å². The third-order valence-electron chi connectivity index (χ3n) is 3.00. The van der Waals surface area contributed by atoms with Gasteiger partial charge >= 0.3 is 0 Å². The van der Waals surface area contributed by atoms with Gasteiger partial charge in [-0.2, -0.15) is 0 Å². The average molecular weight is 267 g/mol. The van der Waals surface area contributed by atoms with Crippen LogP contribution in [0.15, 0.2) is 42.6 Å². The van der Waals surface area contributed by atoms with Crippen LogP contribution < -0.4 is 10.0 Å². The van der Waals surface area contributed by atoms with E-state index in [1.54, 1.807) is 12.1 Å². The largest absolute Gasteiger partial charge is 0.545 e. The molecule has 3 rings (SSSR count). The second-order valence-corrected chi connectivity index (χ2v) is 4.18. The van der Waals surface area contributed by atoms with Crippen LogP contribution in [0.5, 0.6) is 0 Å². The van der Waals surface area contributed by atoms with Crippen LogP contribution in [0.4, 0.5) is 5.82 Å². The minimum absolute atomic E-state index is 0.0438. The Kier molecular flexibility index (Phi) is 2.57. The maximum absolute atomic E-state index is 12.2. The van der Waals surface area contributed by atoms with E-state index in [2.05, 4.69) is 4.98 Å². The predicted octanol–water partition coefficient (Wildman–Crippen LogP) is 0.246. The Bertz CT molecular complexity index is 740. The van der Waals surface area contributed by atoms with Crippen molar-refractivity contribution in [2.45, 2.75) is 0 Å². The lowest BCUT2D eigenvalue weighted by Gasteiger charge is -2.11. The molecule has 0 spiro atoms. The summed E-state index contributed by atoms with van der Waals surface area (Å²) >= 11 is 0. The average Bonchev–Trinajstić information content (AvgIpc) is 2.71. The van der Waals surface area contributed by atoms with Gasteiger partial charge in [0.25, 0.3) is 11.8 Å². The van der Waals surface area contributed by atoms with Crippen molar-refractivity contribution < 1.29 is 19.5 Å². The zero-order valence-corrected chi connectivity index (χ0v) is 10.1. The monoisotopic (exact) mass is 267 g/mol. The summed E-state index contributed by atoms with van der Waals surface area (Å²) < 4.78 is 0. The quantitative estimate of drug-likeness (QED) is 0.727. The molecule has 0 fully saturated rings. The highest BCUT2D eigenvalue weighted by molar-refractivity contribution is 6.34. The second-order valence-electron chi connectivity index (χ2n) is 4.18. The Morgan fingerprint density at radius 1 is 1.05 bits per heavy atom. The lowest BCUT2D eigenvalue weighted by atomic mass is 10.1. The predicted molar refractivity (Wildman–Crippen MR) is 66.1 cm³/mol. The van der Waals surface area contributed by atoms with Crippen molar-refractivity contribution in [3.8, 4) is 0 Å². The normalized spacial score (nSPS) is 13.5. The third-order valence-corrected chi connectivity index (χ3v) is 3.00. The molecule has 1 aliphatic heterocycles. The van der Waals surface area contributed by atoms with Crippen LogP contribution in [0.1, 0.15) is 31.1 Å². The van der Waals surface area contributed by atoms with Crippen LogP contribution in [0.2, 0.25) is 0 Å². The molecule has 0 atom stereocenters. The molecule has 1 aromatic heterocycles. The first kappa shape index (κ1) is 12.0. The van der Waals surface area contributed by atoms with Gasteiger partial charge in [0, 0.05) is 6.20 Å². The van der Waals surface area contributed by atoms with Crippen molar-refractivity contribution in [1.82, 2.24) is 4.98 Å². The molecule has 6 nitrogen and oxygen atoms in total. The van der Waals surface area contributed by atoms with Gasteiger partial charge in [-0.15, -0.1) is 0 Å². The van der Waals surface area contributed by atoms with E-state index in [-0.39, 0.29) is 22.5 Å². The first-order valence-corrected chi connectivity index (χ1v) is 5.75. The van der Waals surface area contributed by atoms with Crippen molar-refractivity contribution in [2.75, 3.05) is 4.90 Å². The fraction of sp³-hybridized carbons (Fsp3) is 0. The molecule has 0 radical (unpaired) electrons. The summed E-state index contributed by atoms with van der Waals surface area (Å²) in [5.74, 6) is -2.31. The number of fused-ring (bicyclic) bond motifs is 1. The molecular formula is C14H7N2O4-. The van der Waals surface area contributed by atoms with Gasteiger partial charge in [-0.1, -0.05) is 12.1 Å². The molecule has 1 aliphatic rings. The summed E-state index contributed by atoms with van der Waals surface area (Å²) in [7, 11) is 0. The molecule has 1 aromatic carbocycles. The molecule has 6 heteroatoms. The molecule has 2 heterocycles. The Balaban J connectivity index is 2.11. The van der Waals surface area contributed by atoms with E-state index in [0.717, 1.165) is 11.0 Å². The lowest BCUT2D eigenvalue weighted by molar-refractivity contribution is -0.255. The number of hydrogen-bond acceptors (Lipinski definition) is 5. The highest BCUT2D eigenvalue weighted by Gasteiger charge is 2.37. The zero-order valence-electron chi connectivity index (χ0n) is 10.1. The van der Waals surface area contributed by atoms with Gasteiger partial charge in [0.15, 0.2) is 0 Å². The van der Waals surface area contributed by atoms with Crippen molar-refractivity contribution in [1.29, 1.82) is 0 Å². The number of imide groups is 1. The molecule has 0 saturated heterocycles. The number of nitrogens with zero attached hydrogens (tertiary/aromatic N) is 2. The van der Waals surface area contributed by atoms with Gasteiger partial charge in [-0.05, 0) is 29.8 Å². The van der Waals surface area contributed by atoms with Gasteiger partial charge in [0.1, 0.15) is 5.82 Å². The van der Waals surface area contributed by atoms with Crippen molar-refractivity contribution in [3.63, 3.8) is 0 Å². The van der Waals surface area contributed by atoms with Crippen LogP contribution in [0.25, 0.3) is 0 Å². The van der Waals surface area contributed by atoms with Gasteiger partial charge in [-0.3, -0.25) is 9.59 Å². The molecule has 98 valence electrons. The van der Waals surface area contributed by atoms with Crippen LogP contribution in [-0.4, -0.2) is 22.8 Å². The smallest absolute Gasteiger partial charge is 0.267 e. The summed E-state index contributed by atoms with van der Waals surface area (Å²) in [5.41, 5.74) is 0.0563. The molecule has 0 saturated carbocycles. The Morgan fingerprint density at radius 2 is 1.80 bits per heavy atom. The van der Waals surface area contributed by atoms with E-state index in [1.165, 1.54) is 24.4 Å². The van der Waals surface area contributed by atoms with Crippen LogP contribution in [0.3, 0.4) is 0 Å². The van der Waals surface area contributed by atoms with Crippen LogP contribution in [0, 0.1) is 0 Å². The van der Waals surface area contributed by atoms with E-state index < -0.39 is 17.8 Å². The number of benzene rings is 1. The minimum Gasteiger partial charge on any atom is -0.545 e. The molecule has 20 heavy (non-hydrogen) atoms. The summed E-state index contributed by atoms with van der Waals surface area (Å²) in [4.78, 5) is 40.1. The molecule has 2 amide bonds. The first-order chi connectivity index (χ1) is 9.59. The van der Waals surface area contributed by atoms with E-state index in [0.29, 0.717) is 0 Å². The fourth-order valence-electron chi connectivity index (χ4n) is 2.06. The molecular weight excluding hydrogens is 260 g/mol. The van der Waals surface area contributed by atoms with Crippen molar-refractivity contribution >= 4 is 23.6 Å². The van der Waals surface area contributed by atoms with Crippen molar-refractivity contribution in [2.24, 2.45) is 0 Å². The van der Waals surface area contributed by atoms with Gasteiger partial charge in [0.2, 0.25) is 0 Å². The number of aromatic nitrogens is 1. The standard InChI is InChI=1S/C14H8N2O4/c17-12-9-5-4-8(14(19)20)7-10(9)13(18)16(12)11-3-1-2-6-15-11/h1-7H,(H,19,20)/p-1. The minimum atomic E-state index is -1.40. The van der Waals surface area contributed by atoms with E-state index in [1.807, 2.05) is 0 Å². The number of anilines is 1. The number of carboxylic acids is 1. The summed E-state index contributed by atoms with van der Waals surface area (Å²) in [5, 5.41) is 10.8. The topological polar surface area (TPSA) is 90.4 Å². The number of carbonyl (C=O) groups excluding carboxylic acids is 3. The lowest BCUT2D eigenvalue weighted by Crippen LogP contribution is -2.30. The number of carbonyl (C=O) groups is 3. The van der Waals surface area contributed by atoms with Gasteiger partial charge in [0.05, 0.1) is 17.1 Å². The molecule has 0 aliphatic carbocycles. The van der Waals surface area contributed by atoms with E-state index in [9.17, 15) is 19.5 Å². The second kappa shape index (κ2) is 4.27. The molecule has 0 unspecified atom stereocenters. The maximum Gasteiger partial charge on any atom is 0.267 e. The number of hydrogen-bond donors (Lipinski definition) is 0. The fourth-order valence-corrected chi connectivity index (χ4v) is 2.06. The number of amides is 2. The number of rotatable bonds is 2. The summed E-state index contributed by atoms with van der Waals surface area (Å²) in [6, 6.07) is 8.54. The number of aromatic carboxylic acids is 1. The SMILES string of the molecule is O=C([O-])c1ccc2c(c1)C(=O)N(c1ccccn1)C2=O. The Labute approximate surface area is 113 Å². The van der Waals surface area contributed by atoms with Crippen molar-refractivity contribution in [3.05, 3.63) is 59.3 Å². The third kappa shape index (κ3) is 1.66. The van der Waals surface area contributed by atoms with Crippen LogP contribution in [-0.2, 0) is 0 Å². The number of pyridine rings is 1. The summed E-state index contributed by atoms with van der Waals surface area (Å²) in [6.45, 7) is 0. The molecule has 0 bridgehead atoms. The highest BCUT2D eigenvalue weighted by atomic mass is 16.4. The summed E-state index contributed by atoms with van der Waals surface area (Å²) in [6.07, 6.45) is 1.46.